The number of nitro benzene ring substituents is 1. The van der Waals surface area contributed by atoms with Gasteiger partial charge >= 0.3 is 57.1 Å². The normalized spacial score (nSPS) is 15.7. The lowest BCUT2D eigenvalue weighted by molar-refractivity contribution is -0.458. The van der Waals surface area contributed by atoms with Crippen LogP contribution in [0.4, 0.5) is 80.3 Å². The molecule has 44 heavy (non-hydrogen) atoms. The largest absolute Gasteiger partial charge is 0.460 e. The van der Waals surface area contributed by atoms with Crippen LogP contribution in [0.3, 0.4) is 0 Å². The molecule has 0 heterocycles. The number of hydrogen-bond donors (Lipinski definition) is 0. The number of nitrogens with zero attached hydrogens (tertiary/aromatic N) is 1. The van der Waals surface area contributed by atoms with Crippen molar-refractivity contribution in [2.24, 2.45) is 0 Å². The molecule has 1 rings (SSSR count). The third-order valence-corrected chi connectivity index (χ3v) is 9.17. The van der Waals surface area contributed by atoms with E-state index in [4.69, 9.17) is 0 Å². The molecule has 26 heteroatoms. The minimum Gasteiger partial charge on any atom is -0.293 e. The third kappa shape index (κ3) is 5.99. The predicted molar refractivity (Wildman–Crippen MR) is 112 cm³/mol. The Morgan fingerprint density at radius 1 is 0.727 bits per heavy atom. The number of non-ortho nitro benzene ring substituents is 1. The number of hydrogen-bond acceptors (Lipinski definition) is 6. The van der Waals surface area contributed by atoms with Gasteiger partial charge in [0.1, 0.15) is 0 Å². The minimum atomic E-state index is -9.00. The lowest BCUT2D eigenvalue weighted by Crippen LogP contribution is -2.75. The van der Waals surface area contributed by atoms with E-state index in [2.05, 4.69) is 3.63 Å². The van der Waals surface area contributed by atoms with Crippen LogP contribution in [-0.4, -0.2) is 84.4 Å². The maximum atomic E-state index is 14.3. The van der Waals surface area contributed by atoms with Crippen LogP contribution in [0.15, 0.2) is 24.3 Å². The topological polar surface area (TPSA) is 104 Å². The smallest absolute Gasteiger partial charge is 0.293 e. The van der Waals surface area contributed by atoms with Crippen LogP contribution in [0.25, 0.3) is 0 Å². The molecule has 0 saturated carbocycles. The maximum Gasteiger partial charge on any atom is 0.460 e. The van der Waals surface area contributed by atoms with Crippen molar-refractivity contribution in [1.82, 2.24) is 0 Å². The standard InChI is InChI=1S/C18H12F17NO6S2/c1-43(2,7-10(37)8-4-3-5-9(6-8)36(38)39)42-44(40,41)18(34,35)16(29,30)14(25,26)12(21,22)11(19,20)13(23,24)15(27,28)17(31,32)33/h3-6H,7H2,1-2H3. The number of benzene rings is 1. The highest BCUT2D eigenvalue weighted by Crippen LogP contribution is 2.65. The van der Waals surface area contributed by atoms with Crippen LogP contribution >= 0.6 is 10.3 Å². The molecular weight excluding hydrogens is 713 g/mol. The van der Waals surface area contributed by atoms with E-state index in [0.717, 1.165) is 18.2 Å². The van der Waals surface area contributed by atoms with Gasteiger partial charge in [0.2, 0.25) is 0 Å². The summed E-state index contributed by atoms with van der Waals surface area (Å²) >= 11 is 0. The second kappa shape index (κ2) is 11.0. The van der Waals surface area contributed by atoms with Gasteiger partial charge in [-0.15, -0.1) is 10.3 Å². The SMILES string of the molecule is CS(C)(CC(=O)c1cccc([N+](=O)[O-])c1)OS(=O)(=O)C(F)(F)C(F)(F)C(F)(F)C(F)(F)C(F)(F)C(F)(F)C(F)(F)C(F)(F)F. The first-order valence-electron chi connectivity index (χ1n) is 10.2. The van der Waals surface area contributed by atoms with Gasteiger partial charge in [0.15, 0.2) is 5.78 Å². The minimum absolute atomic E-state index is 0.328. The van der Waals surface area contributed by atoms with Crippen molar-refractivity contribution in [3.05, 3.63) is 39.9 Å². The molecule has 0 bridgehead atoms. The molecule has 0 amide bonds. The van der Waals surface area contributed by atoms with Crippen molar-refractivity contribution in [1.29, 1.82) is 0 Å². The zero-order valence-corrected chi connectivity index (χ0v) is 22.3. The Bertz CT molecular complexity index is 1390. The summed E-state index contributed by atoms with van der Waals surface area (Å²) in [5.74, 6) is -55.5. The van der Waals surface area contributed by atoms with E-state index in [1.165, 1.54) is 0 Å². The van der Waals surface area contributed by atoms with Gasteiger partial charge in [-0.3, -0.25) is 14.9 Å². The Kier molecular flexibility index (Phi) is 9.85. The Balaban J connectivity index is 3.57. The molecule has 0 aromatic heterocycles. The van der Waals surface area contributed by atoms with E-state index in [-0.39, 0.29) is 0 Å². The van der Waals surface area contributed by atoms with Gasteiger partial charge in [-0.1, -0.05) is 12.1 Å². The van der Waals surface area contributed by atoms with Crippen LogP contribution in [0, 0.1) is 10.1 Å². The average molecular weight is 725 g/mol. The van der Waals surface area contributed by atoms with Gasteiger partial charge in [0.05, 0.1) is 10.7 Å². The number of alkyl halides is 17. The predicted octanol–water partition coefficient (Wildman–Crippen LogP) is 7.07. The van der Waals surface area contributed by atoms with Gasteiger partial charge in [-0.2, -0.15) is 83.1 Å². The van der Waals surface area contributed by atoms with Gasteiger partial charge in [-0.25, -0.2) is 3.63 Å². The second-order valence-corrected chi connectivity index (χ2v) is 13.9. The fourth-order valence-corrected chi connectivity index (χ4v) is 6.52. The van der Waals surface area contributed by atoms with E-state index in [9.17, 15) is 98.0 Å². The van der Waals surface area contributed by atoms with Crippen molar-refractivity contribution in [3.8, 4) is 0 Å². The number of carbonyl (C=O) groups is 1. The molecular formula is C18H12F17NO6S2. The van der Waals surface area contributed by atoms with Crippen molar-refractivity contribution >= 4 is 31.9 Å². The van der Waals surface area contributed by atoms with Crippen molar-refractivity contribution < 1.29 is 96.4 Å². The van der Waals surface area contributed by atoms with Crippen molar-refractivity contribution in [2.45, 2.75) is 47.0 Å². The highest BCUT2D eigenvalue weighted by Gasteiger charge is 2.96. The summed E-state index contributed by atoms with van der Waals surface area (Å²) < 4.78 is 255. The number of nitro groups is 1. The molecule has 7 nitrogen and oxygen atoms in total. The number of ketones is 1. The monoisotopic (exact) mass is 725 g/mol. The average Bonchev–Trinajstić information content (AvgIpc) is 2.81. The molecule has 0 N–H and O–H groups in total. The Morgan fingerprint density at radius 2 is 1.11 bits per heavy atom. The first-order chi connectivity index (χ1) is 19.0. The van der Waals surface area contributed by atoms with E-state index in [1.54, 1.807) is 0 Å². The fraction of sp³-hybridized carbons (Fsp3) is 0.611. The Morgan fingerprint density at radius 3 is 1.50 bits per heavy atom. The molecule has 0 aliphatic rings. The second-order valence-electron chi connectivity index (χ2n) is 8.79. The molecule has 0 radical (unpaired) electrons. The number of carbonyl (C=O) groups excluding carboxylic acids is 1. The molecule has 0 aliphatic carbocycles. The first kappa shape index (κ1) is 39.4. The summed E-state index contributed by atoms with van der Waals surface area (Å²) in [6.45, 7) is 0. The van der Waals surface area contributed by atoms with Crippen LogP contribution in [-0.2, 0) is 13.7 Å². The highest BCUT2D eigenvalue weighted by molar-refractivity contribution is 8.32. The van der Waals surface area contributed by atoms with Crippen LogP contribution in [0.1, 0.15) is 10.4 Å². The Hall–Kier alpha value is -2.64. The number of halogens is 17. The summed E-state index contributed by atoms with van der Waals surface area (Å²) in [7, 11) is -12.1. The maximum absolute atomic E-state index is 14.3. The lowest BCUT2D eigenvalue weighted by atomic mass is 9.91. The van der Waals surface area contributed by atoms with E-state index in [1.807, 2.05) is 0 Å². The molecule has 0 aliphatic heterocycles. The van der Waals surface area contributed by atoms with Gasteiger partial charge < -0.3 is 0 Å². The molecule has 256 valence electrons. The number of Topliss-reactive ketones (excluding diaryl/α,β-unsaturated/α-hetero) is 1. The summed E-state index contributed by atoms with van der Waals surface area (Å²) in [4.78, 5) is 22.0. The fourth-order valence-electron chi connectivity index (χ4n) is 2.81. The van der Waals surface area contributed by atoms with Gasteiger partial charge in [0.25, 0.3) is 5.69 Å². The molecule has 1 aromatic rings. The van der Waals surface area contributed by atoms with E-state index >= 15 is 0 Å². The van der Waals surface area contributed by atoms with Crippen LogP contribution in [0.5, 0.6) is 0 Å². The first-order valence-corrected chi connectivity index (χ1v) is 14.1. The Labute approximate surface area is 234 Å². The molecule has 0 saturated heterocycles. The lowest BCUT2D eigenvalue weighted by Gasteiger charge is -2.42. The van der Waals surface area contributed by atoms with Crippen LogP contribution < -0.4 is 0 Å². The van der Waals surface area contributed by atoms with Crippen LogP contribution in [0.2, 0.25) is 0 Å². The van der Waals surface area contributed by atoms with Crippen molar-refractivity contribution in [2.75, 3.05) is 18.3 Å². The molecule has 1 aromatic carbocycles. The summed E-state index contributed by atoms with van der Waals surface area (Å²) in [6.07, 6.45) is -7.30. The highest BCUT2D eigenvalue weighted by atomic mass is 32.3. The van der Waals surface area contributed by atoms with Gasteiger partial charge in [0, 0.05) is 17.7 Å². The molecule has 0 atom stereocenters. The third-order valence-electron chi connectivity index (χ3n) is 5.14. The number of rotatable bonds is 13. The zero-order valence-electron chi connectivity index (χ0n) is 20.7. The molecule has 0 spiro atoms. The molecule has 0 fully saturated rings. The van der Waals surface area contributed by atoms with E-state index in [0.29, 0.717) is 18.6 Å². The van der Waals surface area contributed by atoms with Gasteiger partial charge in [-0.05, 0) is 12.5 Å². The molecule has 0 unspecified atom stereocenters. The van der Waals surface area contributed by atoms with Crippen molar-refractivity contribution in [3.63, 3.8) is 0 Å². The summed E-state index contributed by atoms with van der Waals surface area (Å²) in [5.41, 5.74) is -1.48. The summed E-state index contributed by atoms with van der Waals surface area (Å²) in [5, 5.41) is 2.87. The summed E-state index contributed by atoms with van der Waals surface area (Å²) in [6, 6.07) is 2.96. The zero-order chi connectivity index (χ0) is 35.6. The van der Waals surface area contributed by atoms with E-state index < -0.39 is 95.1 Å². The quantitative estimate of drug-likeness (QED) is 0.0934.